The number of nitrogens with zero attached hydrogens (tertiary/aromatic N) is 1. The van der Waals surface area contributed by atoms with Gasteiger partial charge in [0.25, 0.3) is 0 Å². The van der Waals surface area contributed by atoms with Crippen LogP contribution < -0.4 is 5.32 Å². The first-order valence-electron chi connectivity index (χ1n) is 6.67. The predicted molar refractivity (Wildman–Crippen MR) is 68.8 cm³/mol. The van der Waals surface area contributed by atoms with Crippen LogP contribution in [0, 0.1) is 11.8 Å². The lowest BCUT2D eigenvalue weighted by Gasteiger charge is -2.30. The van der Waals surface area contributed by atoms with Crippen LogP contribution >= 0.6 is 0 Å². The quantitative estimate of drug-likeness (QED) is 0.790. The molecule has 17 heavy (non-hydrogen) atoms. The van der Waals surface area contributed by atoms with Gasteiger partial charge in [0.05, 0.1) is 12.6 Å². The molecule has 3 unspecified atom stereocenters. The van der Waals surface area contributed by atoms with Crippen LogP contribution in [0.4, 0.5) is 4.79 Å². The van der Waals surface area contributed by atoms with Gasteiger partial charge in [-0.3, -0.25) is 0 Å². The average Bonchev–Trinajstić information content (AvgIpc) is 2.35. The summed E-state index contributed by atoms with van der Waals surface area (Å²) in [7, 11) is 1.72. The number of hydrogen-bond acceptors (Lipinski definition) is 2. The average molecular weight is 242 g/mol. The summed E-state index contributed by atoms with van der Waals surface area (Å²) in [6.45, 7) is 4.88. The van der Waals surface area contributed by atoms with Crippen molar-refractivity contribution in [1.82, 2.24) is 10.2 Å². The van der Waals surface area contributed by atoms with Crippen molar-refractivity contribution in [3.8, 4) is 0 Å². The molecule has 1 aliphatic rings. The Morgan fingerprint density at radius 2 is 2.12 bits per heavy atom. The van der Waals surface area contributed by atoms with Crippen LogP contribution in [0.2, 0.25) is 0 Å². The first-order chi connectivity index (χ1) is 8.06. The van der Waals surface area contributed by atoms with Crippen molar-refractivity contribution >= 4 is 6.03 Å². The van der Waals surface area contributed by atoms with Crippen molar-refractivity contribution in [2.45, 2.75) is 45.6 Å². The molecule has 3 atom stereocenters. The van der Waals surface area contributed by atoms with E-state index in [-0.39, 0.29) is 18.7 Å². The SMILES string of the molecule is CC1CCCCC1CNC(=O)N(C)C(C)CO. The molecule has 0 bridgehead atoms. The van der Waals surface area contributed by atoms with Crippen LogP contribution in [-0.4, -0.2) is 42.3 Å². The molecule has 0 heterocycles. The Labute approximate surface area is 104 Å². The summed E-state index contributed by atoms with van der Waals surface area (Å²) in [4.78, 5) is 13.4. The molecule has 4 heteroatoms. The number of hydrogen-bond donors (Lipinski definition) is 2. The van der Waals surface area contributed by atoms with E-state index >= 15 is 0 Å². The molecule has 0 aromatic carbocycles. The normalized spacial score (nSPS) is 26.4. The number of nitrogens with one attached hydrogen (secondary N) is 1. The maximum absolute atomic E-state index is 11.8. The molecule has 100 valence electrons. The monoisotopic (exact) mass is 242 g/mol. The van der Waals surface area contributed by atoms with Gasteiger partial charge in [0.15, 0.2) is 0 Å². The van der Waals surface area contributed by atoms with E-state index in [4.69, 9.17) is 5.11 Å². The standard InChI is InChI=1S/C13H26N2O2/c1-10-6-4-5-7-12(10)8-14-13(17)15(3)11(2)9-16/h10-12,16H,4-9H2,1-3H3,(H,14,17). The van der Waals surface area contributed by atoms with Crippen LogP contribution in [0.3, 0.4) is 0 Å². The fourth-order valence-corrected chi connectivity index (χ4v) is 2.36. The van der Waals surface area contributed by atoms with Crippen molar-refractivity contribution in [3.05, 3.63) is 0 Å². The summed E-state index contributed by atoms with van der Waals surface area (Å²) >= 11 is 0. The van der Waals surface area contributed by atoms with Crippen molar-refractivity contribution in [2.75, 3.05) is 20.2 Å². The second-order valence-electron chi connectivity index (χ2n) is 5.35. The Bertz CT molecular complexity index is 246. The minimum absolute atomic E-state index is 0.00372. The molecule has 0 spiro atoms. The zero-order valence-corrected chi connectivity index (χ0v) is 11.3. The molecule has 0 aromatic heterocycles. The molecule has 0 aliphatic heterocycles. The number of urea groups is 1. The predicted octanol–water partition coefficient (Wildman–Crippen LogP) is 1.83. The number of rotatable bonds is 4. The van der Waals surface area contributed by atoms with E-state index in [0.29, 0.717) is 11.8 Å². The Hall–Kier alpha value is -0.770. The summed E-state index contributed by atoms with van der Waals surface area (Å²) < 4.78 is 0. The highest BCUT2D eigenvalue weighted by Crippen LogP contribution is 2.28. The van der Waals surface area contributed by atoms with Gasteiger partial charge in [-0.1, -0.05) is 26.2 Å². The van der Waals surface area contributed by atoms with Crippen LogP contribution in [0.5, 0.6) is 0 Å². The first-order valence-corrected chi connectivity index (χ1v) is 6.67. The van der Waals surface area contributed by atoms with E-state index in [1.165, 1.54) is 25.7 Å². The van der Waals surface area contributed by atoms with E-state index in [1.54, 1.807) is 11.9 Å². The van der Waals surface area contributed by atoms with Crippen molar-refractivity contribution in [3.63, 3.8) is 0 Å². The maximum Gasteiger partial charge on any atom is 0.317 e. The fourth-order valence-electron chi connectivity index (χ4n) is 2.36. The van der Waals surface area contributed by atoms with Crippen LogP contribution in [0.25, 0.3) is 0 Å². The van der Waals surface area contributed by atoms with Gasteiger partial charge in [0, 0.05) is 13.6 Å². The van der Waals surface area contributed by atoms with Gasteiger partial charge in [-0.05, 0) is 25.2 Å². The number of carbonyl (C=O) groups is 1. The molecule has 0 radical (unpaired) electrons. The lowest BCUT2D eigenvalue weighted by Crippen LogP contribution is -2.45. The molecule has 1 saturated carbocycles. The lowest BCUT2D eigenvalue weighted by atomic mass is 9.80. The van der Waals surface area contributed by atoms with E-state index in [1.807, 2.05) is 6.92 Å². The highest BCUT2D eigenvalue weighted by atomic mass is 16.3. The molecular formula is C13H26N2O2. The van der Waals surface area contributed by atoms with Crippen molar-refractivity contribution < 1.29 is 9.90 Å². The van der Waals surface area contributed by atoms with Gasteiger partial charge in [0.1, 0.15) is 0 Å². The molecule has 2 amide bonds. The van der Waals surface area contributed by atoms with Crippen LogP contribution in [-0.2, 0) is 0 Å². The number of aliphatic hydroxyl groups excluding tert-OH is 1. The van der Waals surface area contributed by atoms with E-state index in [0.717, 1.165) is 6.54 Å². The molecule has 4 nitrogen and oxygen atoms in total. The molecule has 0 saturated heterocycles. The number of carbonyl (C=O) groups excluding carboxylic acids is 1. The topological polar surface area (TPSA) is 52.6 Å². The second kappa shape index (κ2) is 6.84. The molecule has 2 N–H and O–H groups in total. The first kappa shape index (κ1) is 14.3. The minimum atomic E-state index is -0.126. The summed E-state index contributed by atoms with van der Waals surface area (Å²) in [5, 5.41) is 12.0. The van der Waals surface area contributed by atoms with Gasteiger partial charge >= 0.3 is 6.03 Å². The van der Waals surface area contributed by atoms with Gasteiger partial charge in [-0.15, -0.1) is 0 Å². The third-order valence-corrected chi connectivity index (χ3v) is 4.05. The van der Waals surface area contributed by atoms with Crippen molar-refractivity contribution in [2.24, 2.45) is 11.8 Å². The maximum atomic E-state index is 11.8. The minimum Gasteiger partial charge on any atom is -0.394 e. The molecular weight excluding hydrogens is 216 g/mol. The van der Waals surface area contributed by atoms with Gasteiger partial charge < -0.3 is 15.3 Å². The highest BCUT2D eigenvalue weighted by Gasteiger charge is 2.22. The zero-order chi connectivity index (χ0) is 12.8. The van der Waals surface area contributed by atoms with E-state index in [2.05, 4.69) is 12.2 Å². The Morgan fingerprint density at radius 3 is 2.71 bits per heavy atom. The van der Waals surface area contributed by atoms with Crippen molar-refractivity contribution in [1.29, 1.82) is 0 Å². The Kier molecular flexibility index (Phi) is 5.75. The van der Waals surface area contributed by atoms with Gasteiger partial charge in [-0.2, -0.15) is 0 Å². The summed E-state index contributed by atoms with van der Waals surface area (Å²) in [6, 6.07) is -0.205. The smallest absolute Gasteiger partial charge is 0.317 e. The highest BCUT2D eigenvalue weighted by molar-refractivity contribution is 5.74. The Balaban J connectivity index is 2.31. The summed E-state index contributed by atoms with van der Waals surface area (Å²) in [5.74, 6) is 1.33. The molecule has 1 aliphatic carbocycles. The number of aliphatic hydroxyl groups is 1. The third-order valence-electron chi connectivity index (χ3n) is 4.05. The second-order valence-corrected chi connectivity index (χ2v) is 5.35. The van der Waals surface area contributed by atoms with E-state index in [9.17, 15) is 4.79 Å². The van der Waals surface area contributed by atoms with Gasteiger partial charge in [0.2, 0.25) is 0 Å². The van der Waals surface area contributed by atoms with Crippen LogP contribution in [0.1, 0.15) is 39.5 Å². The number of amides is 2. The molecule has 1 fully saturated rings. The summed E-state index contributed by atoms with van der Waals surface area (Å²) in [5.41, 5.74) is 0. The van der Waals surface area contributed by atoms with Crippen LogP contribution in [0.15, 0.2) is 0 Å². The largest absolute Gasteiger partial charge is 0.394 e. The Morgan fingerprint density at radius 1 is 1.47 bits per heavy atom. The number of likely N-dealkylation sites (N-methyl/N-ethyl adjacent to an activating group) is 1. The van der Waals surface area contributed by atoms with Gasteiger partial charge in [-0.25, -0.2) is 4.79 Å². The fraction of sp³-hybridized carbons (Fsp3) is 0.923. The third kappa shape index (κ3) is 4.19. The summed E-state index contributed by atoms with van der Waals surface area (Å²) in [6.07, 6.45) is 5.12. The lowest BCUT2D eigenvalue weighted by molar-refractivity contribution is 0.153. The zero-order valence-electron chi connectivity index (χ0n) is 11.3. The molecule has 0 aromatic rings. The van der Waals surface area contributed by atoms with E-state index < -0.39 is 0 Å². The molecule has 1 rings (SSSR count).